The minimum absolute atomic E-state index is 0.305. The predicted molar refractivity (Wildman–Crippen MR) is 88.9 cm³/mol. The molecule has 8 heteroatoms. The van der Waals surface area contributed by atoms with Gasteiger partial charge in [-0.15, -0.1) is 0 Å². The first-order valence-electron chi connectivity index (χ1n) is 6.99. The van der Waals surface area contributed by atoms with E-state index in [1.807, 2.05) is 31.2 Å². The number of sulfonamides is 1. The Morgan fingerprint density at radius 1 is 1.14 bits per heavy atom. The van der Waals surface area contributed by atoms with Gasteiger partial charge in [0.25, 0.3) is 0 Å². The van der Waals surface area contributed by atoms with Crippen LogP contribution in [0.1, 0.15) is 5.56 Å². The van der Waals surface area contributed by atoms with Crippen LogP contribution < -0.4 is 20.1 Å². The molecule has 0 aliphatic carbocycles. The third-order valence-corrected chi connectivity index (χ3v) is 3.42. The van der Waals surface area contributed by atoms with E-state index < -0.39 is 10.0 Å². The van der Waals surface area contributed by atoms with E-state index in [1.165, 1.54) is 5.56 Å². The van der Waals surface area contributed by atoms with Crippen LogP contribution in [0.25, 0.3) is 0 Å². The molecule has 0 amide bonds. The second kappa shape index (κ2) is 9.26. The molecule has 124 valence electrons. The molecule has 0 aromatic heterocycles. The predicted octanol–water partition coefficient (Wildman–Crippen LogP) is 0.0880. The Balaban J connectivity index is 2.17. The molecular weight excluding hydrogens is 304 g/mol. The van der Waals surface area contributed by atoms with E-state index in [1.54, 1.807) is 7.05 Å². The second-order valence-corrected chi connectivity index (χ2v) is 6.59. The molecule has 0 fully saturated rings. The number of ether oxygens (including phenoxy) is 1. The molecule has 0 spiro atoms. The third-order valence-electron chi connectivity index (χ3n) is 2.69. The van der Waals surface area contributed by atoms with Crippen molar-refractivity contribution in [3.8, 4) is 5.75 Å². The zero-order valence-corrected chi connectivity index (χ0v) is 14.0. The van der Waals surface area contributed by atoms with Crippen molar-refractivity contribution < 1.29 is 13.2 Å². The summed E-state index contributed by atoms with van der Waals surface area (Å²) < 4.78 is 29.8. The van der Waals surface area contributed by atoms with E-state index in [2.05, 4.69) is 20.3 Å². The van der Waals surface area contributed by atoms with Crippen LogP contribution in [0, 0.1) is 6.92 Å². The smallest absolute Gasteiger partial charge is 0.208 e. The van der Waals surface area contributed by atoms with Gasteiger partial charge in [-0.3, -0.25) is 4.99 Å². The maximum Gasteiger partial charge on any atom is 0.208 e. The Bertz CT molecular complexity index is 570. The number of aryl methyl sites for hydroxylation is 1. The summed E-state index contributed by atoms with van der Waals surface area (Å²) in [6.45, 7) is 3.88. The van der Waals surface area contributed by atoms with Gasteiger partial charge in [0.1, 0.15) is 12.4 Å². The van der Waals surface area contributed by atoms with Crippen LogP contribution >= 0.6 is 0 Å². The molecular formula is C14H24N4O3S. The van der Waals surface area contributed by atoms with Gasteiger partial charge < -0.3 is 15.4 Å². The molecule has 1 rings (SSSR count). The lowest BCUT2D eigenvalue weighted by atomic mass is 10.2. The van der Waals surface area contributed by atoms with Gasteiger partial charge in [0.2, 0.25) is 10.0 Å². The maximum absolute atomic E-state index is 10.9. The molecule has 22 heavy (non-hydrogen) atoms. The monoisotopic (exact) mass is 328 g/mol. The highest BCUT2D eigenvalue weighted by Crippen LogP contribution is 2.10. The van der Waals surface area contributed by atoms with E-state index in [9.17, 15) is 8.42 Å². The Labute approximate surface area is 132 Å². The molecule has 0 saturated heterocycles. The first-order valence-corrected chi connectivity index (χ1v) is 8.88. The Hall–Kier alpha value is -1.80. The van der Waals surface area contributed by atoms with Gasteiger partial charge in [0.15, 0.2) is 5.96 Å². The number of benzene rings is 1. The molecule has 7 nitrogen and oxygen atoms in total. The third kappa shape index (κ3) is 8.48. The van der Waals surface area contributed by atoms with E-state index in [0.717, 1.165) is 12.0 Å². The molecule has 0 aliphatic rings. The maximum atomic E-state index is 10.9. The van der Waals surface area contributed by atoms with Crippen molar-refractivity contribution in [3.63, 3.8) is 0 Å². The normalized spacial score (nSPS) is 12.0. The molecule has 0 atom stereocenters. The van der Waals surface area contributed by atoms with E-state index in [-0.39, 0.29) is 0 Å². The summed E-state index contributed by atoms with van der Waals surface area (Å²) >= 11 is 0. The largest absolute Gasteiger partial charge is 0.492 e. The lowest BCUT2D eigenvalue weighted by molar-refractivity contribution is 0.322. The van der Waals surface area contributed by atoms with Crippen molar-refractivity contribution in [2.75, 3.05) is 39.5 Å². The highest BCUT2D eigenvalue weighted by atomic mass is 32.2. The fourth-order valence-electron chi connectivity index (χ4n) is 1.61. The minimum Gasteiger partial charge on any atom is -0.492 e. The molecule has 0 heterocycles. The van der Waals surface area contributed by atoms with Crippen molar-refractivity contribution in [1.82, 2.24) is 15.4 Å². The standard InChI is InChI=1S/C14H24N4O3S/c1-12-4-6-13(7-5-12)21-11-10-17-14(15-2)16-8-9-18-22(3,19)20/h4-7,18H,8-11H2,1-3H3,(H2,15,16,17). The number of aliphatic imine (C=N–C) groups is 1. The lowest BCUT2D eigenvalue weighted by Crippen LogP contribution is -2.42. The van der Waals surface area contributed by atoms with Crippen LogP contribution in [0.5, 0.6) is 5.75 Å². The quantitative estimate of drug-likeness (QED) is 0.357. The van der Waals surface area contributed by atoms with Crippen molar-refractivity contribution in [1.29, 1.82) is 0 Å². The van der Waals surface area contributed by atoms with Crippen LogP contribution in [0.15, 0.2) is 29.3 Å². The van der Waals surface area contributed by atoms with Crippen molar-refractivity contribution in [2.45, 2.75) is 6.92 Å². The molecule has 1 aromatic rings. The zero-order chi connectivity index (χ0) is 16.4. The fraction of sp³-hybridized carbons (Fsp3) is 0.500. The minimum atomic E-state index is -3.15. The van der Waals surface area contributed by atoms with Gasteiger partial charge in [-0.2, -0.15) is 0 Å². The van der Waals surface area contributed by atoms with Gasteiger partial charge in [0.05, 0.1) is 12.8 Å². The molecule has 0 unspecified atom stereocenters. The van der Waals surface area contributed by atoms with Crippen molar-refractivity contribution in [3.05, 3.63) is 29.8 Å². The Morgan fingerprint density at radius 3 is 2.36 bits per heavy atom. The number of hydrogen-bond donors (Lipinski definition) is 3. The highest BCUT2D eigenvalue weighted by Gasteiger charge is 2.00. The summed E-state index contributed by atoms with van der Waals surface area (Å²) in [6, 6.07) is 7.86. The molecule has 0 radical (unpaired) electrons. The van der Waals surface area contributed by atoms with Gasteiger partial charge in [-0.25, -0.2) is 13.1 Å². The van der Waals surface area contributed by atoms with Gasteiger partial charge in [-0.05, 0) is 19.1 Å². The molecule has 0 aliphatic heterocycles. The average Bonchev–Trinajstić information content (AvgIpc) is 2.46. The highest BCUT2D eigenvalue weighted by molar-refractivity contribution is 7.88. The summed E-state index contributed by atoms with van der Waals surface area (Å²) in [5.41, 5.74) is 1.19. The summed E-state index contributed by atoms with van der Waals surface area (Å²) in [6.07, 6.45) is 1.13. The van der Waals surface area contributed by atoms with Crippen LogP contribution in [-0.2, 0) is 10.0 Å². The molecule has 0 bridgehead atoms. The molecule has 3 N–H and O–H groups in total. The topological polar surface area (TPSA) is 91.8 Å². The molecule has 1 aromatic carbocycles. The number of rotatable bonds is 8. The van der Waals surface area contributed by atoms with Crippen LogP contribution in [0.3, 0.4) is 0 Å². The van der Waals surface area contributed by atoms with Crippen LogP contribution in [0.2, 0.25) is 0 Å². The van der Waals surface area contributed by atoms with E-state index in [0.29, 0.717) is 32.2 Å². The van der Waals surface area contributed by atoms with Gasteiger partial charge in [-0.1, -0.05) is 17.7 Å². The Kier molecular flexibility index (Phi) is 7.69. The summed E-state index contributed by atoms with van der Waals surface area (Å²) in [4.78, 5) is 4.04. The second-order valence-electron chi connectivity index (χ2n) is 4.75. The van der Waals surface area contributed by atoms with Gasteiger partial charge >= 0.3 is 0 Å². The fourth-order valence-corrected chi connectivity index (χ4v) is 2.08. The zero-order valence-electron chi connectivity index (χ0n) is 13.2. The first kappa shape index (κ1) is 18.2. The SMILES string of the molecule is CN=C(NCCNS(C)(=O)=O)NCCOc1ccc(C)cc1. The average molecular weight is 328 g/mol. The van der Waals surface area contributed by atoms with E-state index in [4.69, 9.17) is 4.74 Å². The first-order chi connectivity index (χ1) is 10.4. The van der Waals surface area contributed by atoms with Crippen molar-refractivity contribution >= 4 is 16.0 Å². The Morgan fingerprint density at radius 2 is 1.77 bits per heavy atom. The van der Waals surface area contributed by atoms with Crippen LogP contribution in [-0.4, -0.2) is 53.9 Å². The summed E-state index contributed by atoms with van der Waals surface area (Å²) in [5.74, 6) is 1.43. The van der Waals surface area contributed by atoms with Crippen molar-refractivity contribution in [2.24, 2.45) is 4.99 Å². The van der Waals surface area contributed by atoms with Crippen LogP contribution in [0.4, 0.5) is 0 Å². The lowest BCUT2D eigenvalue weighted by Gasteiger charge is -2.12. The number of nitrogens with zero attached hydrogens (tertiary/aromatic N) is 1. The summed E-state index contributed by atoms with van der Waals surface area (Å²) in [7, 11) is -1.50. The number of nitrogens with one attached hydrogen (secondary N) is 3. The van der Waals surface area contributed by atoms with E-state index >= 15 is 0 Å². The van der Waals surface area contributed by atoms with Gasteiger partial charge in [0, 0.05) is 20.1 Å². The number of guanidine groups is 1. The summed E-state index contributed by atoms with van der Waals surface area (Å²) in [5, 5.41) is 6.09. The molecule has 0 saturated carbocycles. The number of hydrogen-bond acceptors (Lipinski definition) is 4.